The number of rotatable bonds is 8. The summed E-state index contributed by atoms with van der Waals surface area (Å²) in [5, 5.41) is 57.4. The van der Waals surface area contributed by atoms with Crippen LogP contribution in [0.5, 0.6) is 0 Å². The fourth-order valence-corrected chi connectivity index (χ4v) is 3.28. The first-order valence-electron chi connectivity index (χ1n) is 9.65. The Hall–Kier alpha value is -2.28. The Kier molecular flexibility index (Phi) is 10.0. The number of aromatic carboxylic acids is 1. The first kappa shape index (κ1) is 27.0. The maximum absolute atomic E-state index is 10.9. The van der Waals surface area contributed by atoms with Crippen LogP contribution in [-0.2, 0) is 0 Å². The Bertz CT molecular complexity index is 1060. The minimum absolute atomic E-state index is 0.0936. The average Bonchev–Trinajstić information content (AvgIpc) is 3.21. The Morgan fingerprint density at radius 1 is 1.03 bits per heavy atom. The largest absolute Gasteiger partial charge is 0.478 e. The van der Waals surface area contributed by atoms with E-state index in [9.17, 15) is 9.90 Å². The van der Waals surface area contributed by atoms with E-state index in [2.05, 4.69) is 10.3 Å². The van der Waals surface area contributed by atoms with Crippen molar-refractivity contribution in [2.75, 3.05) is 20.2 Å². The number of fused-ring (bicyclic) bond motifs is 1. The summed E-state index contributed by atoms with van der Waals surface area (Å²) in [6.07, 6.45) is -5.65. The number of likely N-dealkylation sites (N-methyl/N-ethyl adjacent to an activating group) is 1. The van der Waals surface area contributed by atoms with Crippen LogP contribution in [0.15, 0.2) is 40.8 Å². The molecule has 0 spiro atoms. The Morgan fingerprint density at radius 3 is 2.18 bits per heavy atom. The quantitative estimate of drug-likeness (QED) is 0.236. The van der Waals surface area contributed by atoms with Crippen LogP contribution in [0.2, 0.25) is 10.0 Å². The van der Waals surface area contributed by atoms with Crippen molar-refractivity contribution in [1.82, 2.24) is 10.3 Å². The lowest BCUT2D eigenvalue weighted by Gasteiger charge is -2.25. The van der Waals surface area contributed by atoms with E-state index < -0.39 is 37.0 Å². The number of carboxylic acid groups (broad SMARTS) is 1. The normalized spacial score (nSPS) is 14.8. The van der Waals surface area contributed by atoms with Crippen LogP contribution in [0, 0.1) is 0 Å². The van der Waals surface area contributed by atoms with Gasteiger partial charge in [-0.1, -0.05) is 23.2 Å². The summed E-state index contributed by atoms with van der Waals surface area (Å²) in [7, 11) is 1.57. The molecule has 0 aliphatic rings. The molecule has 0 aliphatic heterocycles. The van der Waals surface area contributed by atoms with E-state index in [4.69, 9.17) is 53.2 Å². The lowest BCUT2D eigenvalue weighted by atomic mass is 10.0. The monoisotopic (exact) mass is 502 g/mol. The number of carboxylic acids is 1. The summed E-state index contributed by atoms with van der Waals surface area (Å²) < 4.78 is 5.56. The summed E-state index contributed by atoms with van der Waals surface area (Å²) in [6.45, 7) is -0.569. The van der Waals surface area contributed by atoms with Crippen LogP contribution in [-0.4, -0.2) is 86.2 Å². The number of nitrogens with zero attached hydrogens (tertiary/aromatic N) is 1. The summed E-state index contributed by atoms with van der Waals surface area (Å²) in [4.78, 5) is 15.2. The molecule has 10 nitrogen and oxygen atoms in total. The molecule has 0 radical (unpaired) electrons. The smallest absolute Gasteiger partial charge is 0.335 e. The van der Waals surface area contributed by atoms with Gasteiger partial charge in [0.1, 0.15) is 23.8 Å². The molecule has 7 N–H and O–H groups in total. The van der Waals surface area contributed by atoms with Crippen LogP contribution < -0.4 is 5.32 Å². The second kappa shape index (κ2) is 12.3. The van der Waals surface area contributed by atoms with Gasteiger partial charge in [-0.25, -0.2) is 9.78 Å². The molecule has 0 fully saturated rings. The molecule has 3 aromatic rings. The highest BCUT2D eigenvalue weighted by atomic mass is 35.5. The van der Waals surface area contributed by atoms with Gasteiger partial charge in [0.05, 0.1) is 18.3 Å². The average molecular weight is 503 g/mol. The second-order valence-electron chi connectivity index (χ2n) is 7.02. The molecule has 0 bridgehead atoms. The molecular weight excluding hydrogens is 479 g/mol. The minimum atomic E-state index is -1.55. The number of carbonyl (C=O) groups is 1. The van der Waals surface area contributed by atoms with Crippen LogP contribution >= 0.6 is 23.2 Å². The fourth-order valence-electron chi connectivity index (χ4n) is 2.75. The van der Waals surface area contributed by atoms with E-state index >= 15 is 0 Å². The molecule has 0 saturated heterocycles. The summed E-state index contributed by atoms with van der Waals surface area (Å²) in [5.74, 6) is -0.678. The lowest BCUT2D eigenvalue weighted by molar-refractivity contribution is -0.113. The molecule has 4 atom stereocenters. The van der Waals surface area contributed by atoms with Gasteiger partial charge in [0.15, 0.2) is 5.58 Å². The predicted octanol–water partition coefficient (Wildman–Crippen LogP) is 1.14. The minimum Gasteiger partial charge on any atom is -0.478 e. The topological polar surface area (TPSA) is 177 Å². The van der Waals surface area contributed by atoms with Gasteiger partial charge in [-0.3, -0.25) is 0 Å². The van der Waals surface area contributed by atoms with Crippen molar-refractivity contribution < 1.29 is 39.9 Å². The van der Waals surface area contributed by atoms with Gasteiger partial charge >= 0.3 is 5.97 Å². The zero-order valence-electron chi connectivity index (χ0n) is 17.4. The SMILES string of the molecule is CNCC(O)C(O)C(O)C(O)CO.O=C(O)c1ccc2nc(-c3cc(Cl)cc(Cl)c3)oc2c1. The molecule has 0 saturated carbocycles. The standard InChI is InChI=1S/C14H7Cl2NO3.C7H17NO5/c15-9-3-8(4-10(16)6-9)13-17-11-2-1-7(14(18)19)5-12(11)20-13;1-8-2-4(10)6(12)7(13)5(11)3-9/h1-6H,(H,18,19);4-13H,2-3H2,1H3. The maximum Gasteiger partial charge on any atom is 0.335 e. The van der Waals surface area contributed by atoms with E-state index in [1.54, 1.807) is 31.3 Å². The van der Waals surface area contributed by atoms with Crippen LogP contribution in [0.3, 0.4) is 0 Å². The van der Waals surface area contributed by atoms with E-state index in [-0.39, 0.29) is 12.1 Å². The number of hydrogen-bond donors (Lipinski definition) is 7. The molecule has 3 rings (SSSR count). The number of halogens is 2. The number of nitrogens with one attached hydrogen (secondary N) is 1. The van der Waals surface area contributed by atoms with Gasteiger partial charge < -0.3 is 40.4 Å². The van der Waals surface area contributed by atoms with Gasteiger partial charge in [0.25, 0.3) is 0 Å². The number of aliphatic hydroxyl groups is 5. The van der Waals surface area contributed by atoms with Crippen molar-refractivity contribution >= 4 is 40.3 Å². The van der Waals surface area contributed by atoms with E-state index in [0.717, 1.165) is 0 Å². The highest BCUT2D eigenvalue weighted by Crippen LogP contribution is 2.29. The van der Waals surface area contributed by atoms with Crippen molar-refractivity contribution in [2.24, 2.45) is 0 Å². The Morgan fingerprint density at radius 2 is 1.64 bits per heavy atom. The number of hydrogen-bond acceptors (Lipinski definition) is 9. The fraction of sp³-hybridized carbons (Fsp3) is 0.333. The van der Waals surface area contributed by atoms with E-state index in [1.165, 1.54) is 12.1 Å². The van der Waals surface area contributed by atoms with Crippen LogP contribution in [0.25, 0.3) is 22.6 Å². The summed E-state index contributed by atoms with van der Waals surface area (Å²) in [5.41, 5.74) is 1.75. The van der Waals surface area contributed by atoms with Crippen molar-refractivity contribution in [1.29, 1.82) is 0 Å². The van der Waals surface area contributed by atoms with Gasteiger partial charge in [-0.2, -0.15) is 0 Å². The number of aromatic nitrogens is 1. The highest BCUT2D eigenvalue weighted by molar-refractivity contribution is 6.35. The molecule has 2 aromatic carbocycles. The molecule has 1 heterocycles. The first-order valence-corrected chi connectivity index (χ1v) is 10.4. The number of oxazole rings is 1. The third-order valence-corrected chi connectivity index (χ3v) is 4.92. The zero-order valence-corrected chi connectivity index (χ0v) is 18.9. The van der Waals surface area contributed by atoms with Gasteiger partial charge in [-0.15, -0.1) is 0 Å². The van der Waals surface area contributed by atoms with Crippen molar-refractivity contribution in [3.05, 3.63) is 52.0 Å². The lowest BCUT2D eigenvalue weighted by Crippen LogP contribution is -2.48. The first-order chi connectivity index (χ1) is 15.6. The molecule has 12 heteroatoms. The van der Waals surface area contributed by atoms with E-state index in [0.29, 0.717) is 32.6 Å². The third kappa shape index (κ3) is 7.36. The number of aliphatic hydroxyl groups excluding tert-OH is 5. The van der Waals surface area contributed by atoms with Crippen LogP contribution in [0.1, 0.15) is 10.4 Å². The third-order valence-electron chi connectivity index (χ3n) is 4.48. The van der Waals surface area contributed by atoms with Gasteiger partial charge in [-0.05, 0) is 43.4 Å². The second-order valence-corrected chi connectivity index (χ2v) is 7.89. The zero-order chi connectivity index (χ0) is 24.7. The molecule has 4 unspecified atom stereocenters. The maximum atomic E-state index is 10.9. The van der Waals surface area contributed by atoms with Gasteiger partial charge in [0.2, 0.25) is 5.89 Å². The molecule has 0 aliphatic carbocycles. The Balaban J connectivity index is 0.000000260. The van der Waals surface area contributed by atoms with E-state index in [1.807, 2.05) is 0 Å². The van der Waals surface area contributed by atoms with Crippen molar-refractivity contribution in [3.63, 3.8) is 0 Å². The number of benzene rings is 2. The van der Waals surface area contributed by atoms with Crippen LogP contribution in [0.4, 0.5) is 0 Å². The predicted molar refractivity (Wildman–Crippen MR) is 121 cm³/mol. The highest BCUT2D eigenvalue weighted by Gasteiger charge is 2.29. The van der Waals surface area contributed by atoms with Gasteiger partial charge in [0, 0.05) is 22.2 Å². The molecular formula is C21H24Cl2N2O8. The van der Waals surface area contributed by atoms with Crippen molar-refractivity contribution in [2.45, 2.75) is 24.4 Å². The molecule has 0 amide bonds. The summed E-state index contributed by atoms with van der Waals surface area (Å²) in [6, 6.07) is 9.46. The molecule has 180 valence electrons. The molecule has 1 aromatic heterocycles. The Labute approximate surface area is 198 Å². The summed E-state index contributed by atoms with van der Waals surface area (Å²) >= 11 is 11.9. The van der Waals surface area contributed by atoms with Crippen molar-refractivity contribution in [3.8, 4) is 11.5 Å². The molecule has 33 heavy (non-hydrogen) atoms.